The number of hydrogen-bond donors (Lipinski definition) is 3. The number of carbonyl (C=O) groups is 1. The van der Waals surface area contributed by atoms with Crippen molar-refractivity contribution in [2.45, 2.75) is 17.9 Å². The molecule has 0 saturated carbocycles. The summed E-state index contributed by atoms with van der Waals surface area (Å²) in [7, 11) is -2.19. The van der Waals surface area contributed by atoms with Crippen LogP contribution in [0.2, 0.25) is 0 Å². The van der Waals surface area contributed by atoms with Gasteiger partial charge in [0, 0.05) is 5.69 Å². The number of benzene rings is 1. The summed E-state index contributed by atoms with van der Waals surface area (Å²) in [6.07, 6.45) is 0. The van der Waals surface area contributed by atoms with Gasteiger partial charge in [0.25, 0.3) is 0 Å². The second-order valence-electron chi connectivity index (χ2n) is 3.51. The predicted octanol–water partition coefficient (Wildman–Crippen LogP) is -0.120. The molecule has 0 radical (unpaired) electrons. The molecular formula is C10H15N3O3S. The topological polar surface area (TPSA) is 101 Å². The van der Waals surface area contributed by atoms with Crippen molar-refractivity contribution in [3.8, 4) is 0 Å². The first-order valence-corrected chi connectivity index (χ1v) is 6.45. The van der Waals surface area contributed by atoms with Gasteiger partial charge in [0.1, 0.15) is 0 Å². The molecular weight excluding hydrogens is 242 g/mol. The molecule has 1 amide bonds. The highest BCUT2D eigenvalue weighted by atomic mass is 32.2. The first-order chi connectivity index (χ1) is 7.86. The number of nitrogens with two attached hydrogens (primary N) is 1. The van der Waals surface area contributed by atoms with E-state index in [9.17, 15) is 13.2 Å². The Balaban J connectivity index is 2.99. The van der Waals surface area contributed by atoms with Gasteiger partial charge in [0.05, 0.1) is 10.9 Å². The van der Waals surface area contributed by atoms with Crippen molar-refractivity contribution in [3.63, 3.8) is 0 Å². The summed E-state index contributed by atoms with van der Waals surface area (Å²) in [5.74, 6) is -0.371. The number of carbonyl (C=O) groups excluding carboxylic acids is 1. The van der Waals surface area contributed by atoms with Crippen LogP contribution >= 0.6 is 0 Å². The van der Waals surface area contributed by atoms with Crippen molar-refractivity contribution in [1.29, 1.82) is 0 Å². The van der Waals surface area contributed by atoms with Crippen LogP contribution in [0.4, 0.5) is 5.69 Å². The van der Waals surface area contributed by atoms with E-state index in [2.05, 4.69) is 10.0 Å². The second kappa shape index (κ2) is 5.26. The molecule has 4 N–H and O–H groups in total. The Morgan fingerprint density at radius 2 is 2.06 bits per heavy atom. The molecule has 0 aliphatic rings. The van der Waals surface area contributed by atoms with Crippen molar-refractivity contribution < 1.29 is 13.2 Å². The molecule has 0 aliphatic carbocycles. The first-order valence-electron chi connectivity index (χ1n) is 4.97. The Bertz CT molecular complexity index is 511. The third-order valence-electron chi connectivity index (χ3n) is 2.09. The molecule has 0 aliphatic heterocycles. The molecule has 7 heteroatoms. The maximum Gasteiger partial charge on any atom is 0.240 e. The van der Waals surface area contributed by atoms with E-state index in [0.29, 0.717) is 5.69 Å². The minimum absolute atomic E-state index is 0.0856. The van der Waals surface area contributed by atoms with Crippen molar-refractivity contribution in [2.24, 2.45) is 5.73 Å². The van der Waals surface area contributed by atoms with E-state index >= 15 is 0 Å². The van der Waals surface area contributed by atoms with Crippen LogP contribution in [-0.4, -0.2) is 27.4 Å². The van der Waals surface area contributed by atoms with Crippen LogP contribution in [0.5, 0.6) is 0 Å². The lowest BCUT2D eigenvalue weighted by Gasteiger charge is -2.09. The summed E-state index contributed by atoms with van der Waals surface area (Å²) < 4.78 is 25.2. The molecule has 0 spiro atoms. The van der Waals surface area contributed by atoms with Gasteiger partial charge in [0.2, 0.25) is 15.9 Å². The summed E-state index contributed by atoms with van der Waals surface area (Å²) in [6, 6.07) is 5.29. The van der Waals surface area contributed by atoms with E-state index in [1.165, 1.54) is 19.2 Å². The van der Waals surface area contributed by atoms with Crippen molar-refractivity contribution in [3.05, 3.63) is 24.3 Å². The van der Waals surface area contributed by atoms with Crippen molar-refractivity contribution in [2.75, 3.05) is 12.4 Å². The van der Waals surface area contributed by atoms with E-state index in [4.69, 9.17) is 5.73 Å². The van der Waals surface area contributed by atoms with Gasteiger partial charge >= 0.3 is 0 Å². The number of hydrogen-bond acceptors (Lipinski definition) is 4. The van der Waals surface area contributed by atoms with Crippen molar-refractivity contribution in [1.82, 2.24) is 4.72 Å². The lowest BCUT2D eigenvalue weighted by Crippen LogP contribution is -2.32. The maximum atomic E-state index is 11.5. The van der Waals surface area contributed by atoms with Gasteiger partial charge in [-0.05, 0) is 32.2 Å². The van der Waals surface area contributed by atoms with Crippen LogP contribution < -0.4 is 15.8 Å². The molecule has 94 valence electrons. The average molecular weight is 257 g/mol. The Hall–Kier alpha value is -1.44. The first kappa shape index (κ1) is 13.6. The molecule has 0 aromatic heterocycles. The van der Waals surface area contributed by atoms with E-state index in [-0.39, 0.29) is 10.8 Å². The molecule has 1 aromatic carbocycles. The van der Waals surface area contributed by atoms with Crippen LogP contribution in [-0.2, 0) is 14.8 Å². The van der Waals surface area contributed by atoms with Gasteiger partial charge in [-0.2, -0.15) is 0 Å². The molecule has 1 rings (SSSR count). The maximum absolute atomic E-state index is 11.5. The van der Waals surface area contributed by atoms with Gasteiger partial charge in [-0.25, -0.2) is 13.1 Å². The van der Waals surface area contributed by atoms with Crippen molar-refractivity contribution >= 4 is 21.6 Å². The second-order valence-corrected chi connectivity index (χ2v) is 5.40. The third-order valence-corrected chi connectivity index (χ3v) is 3.51. The van der Waals surface area contributed by atoms with E-state index < -0.39 is 16.1 Å². The number of nitrogens with one attached hydrogen (secondary N) is 2. The lowest BCUT2D eigenvalue weighted by molar-refractivity contribution is -0.117. The normalized spacial score (nSPS) is 13.1. The zero-order valence-electron chi connectivity index (χ0n) is 9.60. The van der Waals surface area contributed by atoms with E-state index in [1.54, 1.807) is 19.1 Å². The summed E-state index contributed by atoms with van der Waals surface area (Å²) in [6.45, 7) is 1.55. The van der Waals surface area contributed by atoms with Gasteiger partial charge in [-0.15, -0.1) is 0 Å². The van der Waals surface area contributed by atoms with Gasteiger partial charge < -0.3 is 11.1 Å². The van der Waals surface area contributed by atoms with E-state index in [0.717, 1.165) is 0 Å². The Labute approximate surface area is 100 Å². The third kappa shape index (κ3) is 3.52. The number of rotatable bonds is 4. The van der Waals surface area contributed by atoms with Crippen LogP contribution in [0.25, 0.3) is 0 Å². The fraction of sp³-hybridized carbons (Fsp3) is 0.300. The quantitative estimate of drug-likeness (QED) is 0.700. The lowest BCUT2D eigenvalue weighted by atomic mass is 10.3. The molecule has 0 fully saturated rings. The molecule has 1 atom stereocenters. The number of anilines is 1. The highest BCUT2D eigenvalue weighted by Gasteiger charge is 2.13. The Morgan fingerprint density at radius 3 is 2.59 bits per heavy atom. The zero-order valence-corrected chi connectivity index (χ0v) is 10.4. The summed E-state index contributed by atoms with van der Waals surface area (Å²) in [5, 5.41) is 2.52. The molecule has 0 bridgehead atoms. The molecule has 0 saturated heterocycles. The molecule has 1 unspecified atom stereocenters. The standard InChI is InChI=1S/C10H15N3O3S/c1-7(11)10(14)13-8-4-3-5-9(6-8)17(15,16)12-2/h3-7,12H,11H2,1-2H3,(H,13,14). The van der Waals surface area contributed by atoms with E-state index in [1.807, 2.05) is 0 Å². The minimum Gasteiger partial charge on any atom is -0.325 e. The average Bonchev–Trinajstić information content (AvgIpc) is 2.29. The van der Waals surface area contributed by atoms with Gasteiger partial charge in [-0.1, -0.05) is 6.07 Å². The smallest absolute Gasteiger partial charge is 0.240 e. The zero-order chi connectivity index (χ0) is 13.1. The SMILES string of the molecule is CNS(=O)(=O)c1cccc(NC(=O)C(C)N)c1. The molecule has 17 heavy (non-hydrogen) atoms. The highest BCUT2D eigenvalue weighted by Crippen LogP contribution is 2.15. The Kier molecular flexibility index (Phi) is 4.22. The van der Waals surface area contributed by atoms with Crippen LogP contribution in [0.15, 0.2) is 29.2 Å². The van der Waals surface area contributed by atoms with Gasteiger partial charge in [0.15, 0.2) is 0 Å². The molecule has 0 heterocycles. The fourth-order valence-electron chi connectivity index (χ4n) is 1.11. The predicted molar refractivity (Wildman–Crippen MR) is 65.0 cm³/mol. The summed E-state index contributed by atoms with van der Waals surface area (Å²) >= 11 is 0. The molecule has 1 aromatic rings. The Morgan fingerprint density at radius 1 is 1.41 bits per heavy atom. The van der Waals surface area contributed by atoms with Gasteiger partial charge in [-0.3, -0.25) is 4.79 Å². The minimum atomic E-state index is -3.51. The largest absolute Gasteiger partial charge is 0.325 e. The molecule has 6 nitrogen and oxygen atoms in total. The van der Waals surface area contributed by atoms with Crippen LogP contribution in [0.1, 0.15) is 6.92 Å². The summed E-state index contributed by atoms with van der Waals surface area (Å²) in [5.41, 5.74) is 5.78. The van der Waals surface area contributed by atoms with Crippen LogP contribution in [0.3, 0.4) is 0 Å². The fourth-order valence-corrected chi connectivity index (χ4v) is 1.89. The highest BCUT2D eigenvalue weighted by molar-refractivity contribution is 7.89. The monoisotopic (exact) mass is 257 g/mol. The van der Waals surface area contributed by atoms with Crippen LogP contribution in [0, 0.1) is 0 Å². The number of amides is 1. The summed E-state index contributed by atoms with van der Waals surface area (Å²) in [4.78, 5) is 11.4. The number of sulfonamides is 1.